The Labute approximate surface area is 104 Å². The summed E-state index contributed by atoms with van der Waals surface area (Å²) in [6.45, 7) is 4.40. The first-order valence-corrected chi connectivity index (χ1v) is 6.21. The lowest BCUT2D eigenvalue weighted by Gasteiger charge is -2.16. The molecular weight excluding hydrogens is 212 g/mol. The third-order valence-electron chi connectivity index (χ3n) is 2.87. The number of hydrogen-bond donors (Lipinski definition) is 2. The summed E-state index contributed by atoms with van der Waals surface area (Å²) in [5.41, 5.74) is 2.21. The van der Waals surface area contributed by atoms with Gasteiger partial charge in [0.05, 0.1) is 6.61 Å². The van der Waals surface area contributed by atoms with Gasteiger partial charge in [0.1, 0.15) is 0 Å². The van der Waals surface area contributed by atoms with E-state index in [1.807, 2.05) is 12.1 Å². The van der Waals surface area contributed by atoms with E-state index < -0.39 is 0 Å². The van der Waals surface area contributed by atoms with E-state index in [1.54, 1.807) is 0 Å². The van der Waals surface area contributed by atoms with Gasteiger partial charge in [-0.3, -0.25) is 0 Å². The van der Waals surface area contributed by atoms with Gasteiger partial charge < -0.3 is 15.3 Å². The van der Waals surface area contributed by atoms with Gasteiger partial charge in [0.15, 0.2) is 0 Å². The Morgan fingerprint density at radius 3 is 2.76 bits per heavy atom. The van der Waals surface area contributed by atoms with Crippen molar-refractivity contribution in [3.63, 3.8) is 0 Å². The summed E-state index contributed by atoms with van der Waals surface area (Å²) in [6.07, 6.45) is 1.15. The van der Waals surface area contributed by atoms with Gasteiger partial charge in [0, 0.05) is 6.04 Å². The van der Waals surface area contributed by atoms with Crippen molar-refractivity contribution in [2.75, 3.05) is 27.2 Å². The number of hydrogen-bond acceptors (Lipinski definition) is 3. The molecule has 0 heterocycles. The van der Waals surface area contributed by atoms with Crippen LogP contribution in [0.4, 0.5) is 0 Å². The lowest BCUT2D eigenvalue weighted by molar-refractivity contribution is 0.281. The molecule has 0 aliphatic rings. The molecule has 0 spiro atoms. The number of aliphatic hydroxyl groups is 1. The van der Waals surface area contributed by atoms with E-state index >= 15 is 0 Å². The molecule has 0 amide bonds. The summed E-state index contributed by atoms with van der Waals surface area (Å²) in [4.78, 5) is 2.19. The largest absolute Gasteiger partial charge is 0.392 e. The molecule has 0 aliphatic carbocycles. The Morgan fingerprint density at radius 1 is 1.35 bits per heavy atom. The molecule has 0 aromatic heterocycles. The zero-order valence-corrected chi connectivity index (χ0v) is 11.1. The van der Waals surface area contributed by atoms with Crippen LogP contribution in [0.25, 0.3) is 0 Å². The van der Waals surface area contributed by atoms with Gasteiger partial charge in [0.25, 0.3) is 0 Å². The fourth-order valence-corrected chi connectivity index (χ4v) is 1.79. The Balaban J connectivity index is 2.38. The van der Waals surface area contributed by atoms with Crippen LogP contribution >= 0.6 is 0 Å². The first-order chi connectivity index (χ1) is 8.13. The Morgan fingerprint density at radius 2 is 2.12 bits per heavy atom. The summed E-state index contributed by atoms with van der Waals surface area (Å²) >= 11 is 0. The fourth-order valence-electron chi connectivity index (χ4n) is 1.79. The molecule has 0 aliphatic heterocycles. The van der Waals surface area contributed by atoms with Crippen LogP contribution in [0.5, 0.6) is 0 Å². The maximum Gasteiger partial charge on any atom is 0.0681 e. The molecular formula is C14H24N2O. The average Bonchev–Trinajstić information content (AvgIpc) is 2.34. The normalized spacial score (nSPS) is 13.0. The number of aliphatic hydroxyl groups excluding tert-OH is 1. The van der Waals surface area contributed by atoms with E-state index in [4.69, 9.17) is 5.11 Å². The monoisotopic (exact) mass is 236 g/mol. The molecule has 2 N–H and O–H groups in total. The minimum atomic E-state index is 0.112. The van der Waals surface area contributed by atoms with E-state index in [1.165, 1.54) is 5.56 Å². The summed E-state index contributed by atoms with van der Waals surface area (Å²) < 4.78 is 0. The molecule has 0 saturated heterocycles. The minimum Gasteiger partial charge on any atom is -0.392 e. The Kier molecular flexibility index (Phi) is 6.19. The summed E-state index contributed by atoms with van der Waals surface area (Å²) in [6, 6.07) is 8.44. The molecule has 0 fully saturated rings. The van der Waals surface area contributed by atoms with Crippen LogP contribution < -0.4 is 5.32 Å². The van der Waals surface area contributed by atoms with E-state index in [2.05, 4.69) is 43.4 Å². The average molecular weight is 236 g/mol. The fraction of sp³-hybridized carbons (Fsp3) is 0.571. The highest BCUT2D eigenvalue weighted by atomic mass is 16.3. The maximum atomic E-state index is 9.09. The minimum absolute atomic E-state index is 0.112. The lowest BCUT2D eigenvalue weighted by atomic mass is 10.1. The third-order valence-corrected chi connectivity index (χ3v) is 2.87. The van der Waals surface area contributed by atoms with Crippen LogP contribution in [0.3, 0.4) is 0 Å². The summed E-state index contributed by atoms with van der Waals surface area (Å²) in [5.74, 6) is 0. The van der Waals surface area contributed by atoms with Crippen LogP contribution in [-0.2, 0) is 6.61 Å². The van der Waals surface area contributed by atoms with Crippen molar-refractivity contribution in [1.29, 1.82) is 0 Å². The topological polar surface area (TPSA) is 35.5 Å². The van der Waals surface area contributed by atoms with Crippen molar-refractivity contribution >= 4 is 0 Å². The van der Waals surface area contributed by atoms with Crippen molar-refractivity contribution in [2.45, 2.75) is 26.0 Å². The van der Waals surface area contributed by atoms with E-state index in [0.29, 0.717) is 6.04 Å². The second kappa shape index (κ2) is 7.43. The SMILES string of the molecule is CC(NCCCN(C)C)c1cccc(CO)c1. The standard InChI is InChI=1S/C14H24N2O/c1-12(15-8-5-9-16(2)3)14-7-4-6-13(10-14)11-17/h4,6-7,10,12,15,17H,5,8-9,11H2,1-3H3. The zero-order chi connectivity index (χ0) is 12.7. The number of nitrogens with one attached hydrogen (secondary N) is 1. The quantitative estimate of drug-likeness (QED) is 0.708. The second-order valence-electron chi connectivity index (χ2n) is 4.74. The van der Waals surface area contributed by atoms with Gasteiger partial charge >= 0.3 is 0 Å². The van der Waals surface area contributed by atoms with Crippen molar-refractivity contribution in [1.82, 2.24) is 10.2 Å². The van der Waals surface area contributed by atoms with Crippen LogP contribution in [0, 0.1) is 0 Å². The Hall–Kier alpha value is -0.900. The highest BCUT2D eigenvalue weighted by Crippen LogP contribution is 2.14. The van der Waals surface area contributed by atoms with E-state index in [0.717, 1.165) is 25.1 Å². The Bertz CT molecular complexity index is 326. The van der Waals surface area contributed by atoms with E-state index in [9.17, 15) is 0 Å². The van der Waals surface area contributed by atoms with Crippen LogP contribution in [0.1, 0.15) is 30.5 Å². The highest BCUT2D eigenvalue weighted by Gasteiger charge is 2.04. The predicted octanol–water partition coefficient (Wildman–Crippen LogP) is 1.78. The van der Waals surface area contributed by atoms with Crippen molar-refractivity contribution < 1.29 is 5.11 Å². The molecule has 1 aromatic rings. The number of nitrogens with zero attached hydrogens (tertiary/aromatic N) is 1. The van der Waals surface area contributed by atoms with Gasteiger partial charge in [-0.15, -0.1) is 0 Å². The molecule has 0 saturated carbocycles. The van der Waals surface area contributed by atoms with Crippen LogP contribution in [-0.4, -0.2) is 37.2 Å². The maximum absolute atomic E-state index is 9.09. The second-order valence-corrected chi connectivity index (χ2v) is 4.74. The predicted molar refractivity (Wildman–Crippen MR) is 72.0 cm³/mol. The highest BCUT2D eigenvalue weighted by molar-refractivity contribution is 5.25. The molecule has 0 bridgehead atoms. The number of rotatable bonds is 7. The van der Waals surface area contributed by atoms with Crippen LogP contribution in [0.15, 0.2) is 24.3 Å². The first-order valence-electron chi connectivity index (χ1n) is 6.21. The van der Waals surface area contributed by atoms with Crippen LogP contribution in [0.2, 0.25) is 0 Å². The smallest absolute Gasteiger partial charge is 0.0681 e. The molecule has 0 radical (unpaired) electrons. The van der Waals surface area contributed by atoms with Crippen molar-refractivity contribution in [3.8, 4) is 0 Å². The van der Waals surface area contributed by atoms with Crippen molar-refractivity contribution in [3.05, 3.63) is 35.4 Å². The molecule has 1 unspecified atom stereocenters. The van der Waals surface area contributed by atoms with E-state index in [-0.39, 0.29) is 6.61 Å². The first kappa shape index (κ1) is 14.2. The zero-order valence-electron chi connectivity index (χ0n) is 11.1. The molecule has 96 valence electrons. The molecule has 3 nitrogen and oxygen atoms in total. The molecule has 1 rings (SSSR count). The molecule has 17 heavy (non-hydrogen) atoms. The van der Waals surface area contributed by atoms with Gasteiger partial charge in [-0.1, -0.05) is 24.3 Å². The number of benzene rings is 1. The van der Waals surface area contributed by atoms with Gasteiger partial charge in [-0.2, -0.15) is 0 Å². The van der Waals surface area contributed by atoms with Crippen molar-refractivity contribution in [2.24, 2.45) is 0 Å². The van der Waals surface area contributed by atoms with Gasteiger partial charge in [-0.25, -0.2) is 0 Å². The molecule has 3 heteroatoms. The summed E-state index contributed by atoms with van der Waals surface area (Å²) in [5, 5.41) is 12.6. The molecule has 1 aromatic carbocycles. The van der Waals surface area contributed by atoms with Gasteiger partial charge in [0.2, 0.25) is 0 Å². The van der Waals surface area contributed by atoms with Gasteiger partial charge in [-0.05, 0) is 51.7 Å². The molecule has 1 atom stereocenters. The third kappa shape index (κ3) is 5.31. The lowest BCUT2D eigenvalue weighted by Crippen LogP contribution is -2.23. The summed E-state index contributed by atoms with van der Waals surface area (Å²) in [7, 11) is 4.18.